The molecule has 0 aliphatic rings. The normalized spacial score (nSPS) is 13.5. The first-order chi connectivity index (χ1) is 17.9. The maximum absolute atomic E-state index is 15.7. The Hall–Kier alpha value is -3.96. The summed E-state index contributed by atoms with van der Waals surface area (Å²) in [5.41, 5.74) is -9.02. The Morgan fingerprint density at radius 3 is 2.16 bits per heavy atom. The fourth-order valence-electron chi connectivity index (χ4n) is 3.42. The molecule has 1 N–H and O–H groups in total. The van der Waals surface area contributed by atoms with Crippen molar-refractivity contribution in [2.45, 2.75) is 28.5 Å². The van der Waals surface area contributed by atoms with Gasteiger partial charge in [-0.2, -0.15) is 22.0 Å². The van der Waals surface area contributed by atoms with Gasteiger partial charge in [0.15, 0.2) is 5.60 Å². The Balaban J connectivity index is 1.62. The highest BCUT2D eigenvalue weighted by atomic mass is 32.2. The van der Waals surface area contributed by atoms with Crippen LogP contribution < -0.4 is 0 Å². The van der Waals surface area contributed by atoms with Gasteiger partial charge in [0.2, 0.25) is 0 Å². The minimum absolute atomic E-state index is 0.0250. The second-order valence-corrected chi connectivity index (χ2v) is 8.96. The fraction of sp³-hybridized carbons (Fsp3) is 0.167. The van der Waals surface area contributed by atoms with E-state index in [2.05, 4.69) is 32.4 Å². The average Bonchev–Trinajstić information content (AvgIpc) is 3.35. The number of benzene rings is 2. The second-order valence-electron chi connectivity index (χ2n) is 7.82. The van der Waals surface area contributed by atoms with Crippen LogP contribution in [-0.4, -0.2) is 35.8 Å². The molecule has 196 valence electrons. The minimum atomic E-state index is -4.43. The van der Waals surface area contributed by atoms with Crippen LogP contribution in [0.5, 0.6) is 0 Å². The smallest absolute Gasteiger partial charge is 0.377 e. The third kappa shape index (κ3) is 5.95. The van der Waals surface area contributed by atoms with Crippen LogP contribution in [0.3, 0.4) is 0 Å². The number of aliphatic hydroxyl groups is 1. The van der Waals surface area contributed by atoms with Crippen LogP contribution in [0, 0.1) is 23.5 Å². The van der Waals surface area contributed by atoms with E-state index in [1.165, 1.54) is 30.3 Å². The molecule has 1 atom stereocenters. The zero-order chi connectivity index (χ0) is 27.6. The monoisotopic (exact) mass is 553 g/mol. The number of tetrazole rings is 1. The largest absolute Gasteiger partial charge is 0.446 e. The summed E-state index contributed by atoms with van der Waals surface area (Å²) in [6, 6.07) is 9.04. The van der Waals surface area contributed by atoms with E-state index in [0.717, 1.165) is 29.3 Å². The van der Waals surface area contributed by atoms with Crippen LogP contribution >= 0.6 is 11.8 Å². The van der Waals surface area contributed by atoms with Crippen molar-refractivity contribution in [2.75, 3.05) is 0 Å². The molecule has 0 spiro atoms. The molecular formula is C24H14F7N5OS. The topological polar surface area (TPSA) is 76.7 Å². The van der Waals surface area contributed by atoms with Crippen molar-refractivity contribution in [1.82, 2.24) is 25.2 Å². The van der Waals surface area contributed by atoms with Crippen LogP contribution in [0.2, 0.25) is 0 Å². The molecule has 6 nitrogen and oxygen atoms in total. The van der Waals surface area contributed by atoms with Gasteiger partial charge in [0.1, 0.15) is 23.7 Å². The van der Waals surface area contributed by atoms with Gasteiger partial charge >= 0.3 is 11.4 Å². The van der Waals surface area contributed by atoms with Crippen molar-refractivity contribution in [3.8, 4) is 11.8 Å². The van der Waals surface area contributed by atoms with E-state index in [0.29, 0.717) is 17.7 Å². The summed E-state index contributed by atoms with van der Waals surface area (Å²) in [6.07, 6.45) is 1.92. The van der Waals surface area contributed by atoms with Gasteiger partial charge in [0.25, 0.3) is 0 Å². The zero-order valence-corrected chi connectivity index (χ0v) is 19.6. The van der Waals surface area contributed by atoms with Crippen LogP contribution in [0.15, 0.2) is 72.0 Å². The summed E-state index contributed by atoms with van der Waals surface area (Å²) < 4.78 is 97.5. The van der Waals surface area contributed by atoms with Gasteiger partial charge in [-0.1, -0.05) is 11.8 Å². The molecule has 2 aromatic carbocycles. The molecule has 0 aliphatic heterocycles. The fourth-order valence-corrected chi connectivity index (χ4v) is 3.95. The highest BCUT2D eigenvalue weighted by Crippen LogP contribution is 2.46. The predicted molar refractivity (Wildman–Crippen MR) is 121 cm³/mol. The Bertz CT molecular complexity index is 1470. The maximum atomic E-state index is 15.7. The number of rotatable bonds is 6. The van der Waals surface area contributed by atoms with E-state index in [4.69, 9.17) is 0 Å². The van der Waals surface area contributed by atoms with E-state index < -0.39 is 46.5 Å². The van der Waals surface area contributed by atoms with Crippen LogP contribution in [0.1, 0.15) is 22.4 Å². The van der Waals surface area contributed by atoms with Gasteiger partial charge in [-0.05, 0) is 70.7 Å². The molecule has 2 heterocycles. The quantitative estimate of drug-likeness (QED) is 0.205. The number of alkyl halides is 5. The number of pyridine rings is 1. The Kier molecular flexibility index (Phi) is 7.43. The molecule has 1 unspecified atom stereocenters. The number of hydrogen-bond donors (Lipinski definition) is 1. The molecule has 0 radical (unpaired) electrons. The summed E-state index contributed by atoms with van der Waals surface area (Å²) in [5.74, 6) is -1.35. The average molecular weight is 553 g/mol. The molecule has 0 amide bonds. The summed E-state index contributed by atoms with van der Waals surface area (Å²) in [6.45, 7) is -0.999. The lowest BCUT2D eigenvalue weighted by Gasteiger charge is -2.35. The maximum Gasteiger partial charge on any atom is 0.446 e. The second kappa shape index (κ2) is 10.4. The van der Waals surface area contributed by atoms with Crippen LogP contribution in [0.4, 0.5) is 30.7 Å². The molecule has 2 aromatic heterocycles. The van der Waals surface area contributed by atoms with Gasteiger partial charge in [-0.25, -0.2) is 13.5 Å². The third-order valence-electron chi connectivity index (χ3n) is 5.20. The Labute approximate surface area is 214 Å². The molecule has 14 heteroatoms. The number of hydrogen-bond acceptors (Lipinski definition) is 6. The zero-order valence-electron chi connectivity index (χ0n) is 18.8. The first-order valence-corrected chi connectivity index (χ1v) is 11.3. The molecule has 0 aliphatic carbocycles. The minimum Gasteiger partial charge on any atom is -0.377 e. The first-order valence-electron chi connectivity index (χ1n) is 10.5. The van der Waals surface area contributed by atoms with E-state index in [-0.39, 0.29) is 22.2 Å². The van der Waals surface area contributed by atoms with E-state index in [9.17, 15) is 27.1 Å². The lowest BCUT2D eigenvalue weighted by atomic mass is 9.84. The molecule has 0 bridgehead atoms. The van der Waals surface area contributed by atoms with Gasteiger partial charge < -0.3 is 5.11 Å². The molecule has 0 fully saturated rings. The summed E-state index contributed by atoms with van der Waals surface area (Å²) in [5, 5.41) is 21.2. The van der Waals surface area contributed by atoms with Gasteiger partial charge in [0, 0.05) is 33.8 Å². The van der Waals surface area contributed by atoms with E-state index >= 15 is 8.78 Å². The molecular weight excluding hydrogens is 539 g/mol. The van der Waals surface area contributed by atoms with Crippen molar-refractivity contribution < 1.29 is 35.8 Å². The van der Waals surface area contributed by atoms with Gasteiger partial charge in [0.05, 0.1) is 6.54 Å². The SMILES string of the molecule is OC(Cn1cnnn1)(c1ccc(F)cc1F)C(F)(F)c1ccc(C#Cc2ccc(SC(F)(F)F)cc2)cn1. The third-order valence-corrected chi connectivity index (χ3v) is 5.94. The lowest BCUT2D eigenvalue weighted by Crippen LogP contribution is -2.48. The predicted octanol–water partition coefficient (Wildman–Crippen LogP) is 5.04. The van der Waals surface area contributed by atoms with E-state index in [1.807, 2.05) is 0 Å². The molecule has 0 saturated carbocycles. The van der Waals surface area contributed by atoms with Crippen molar-refractivity contribution in [3.63, 3.8) is 0 Å². The number of aromatic nitrogens is 5. The summed E-state index contributed by atoms with van der Waals surface area (Å²) in [7, 11) is 0. The number of thioether (sulfide) groups is 1. The van der Waals surface area contributed by atoms with Crippen LogP contribution in [0.25, 0.3) is 0 Å². The van der Waals surface area contributed by atoms with E-state index in [1.54, 1.807) is 0 Å². The van der Waals surface area contributed by atoms with Crippen molar-refractivity contribution in [2.24, 2.45) is 0 Å². The van der Waals surface area contributed by atoms with Crippen molar-refractivity contribution in [1.29, 1.82) is 0 Å². The standard InChI is InChI=1S/C24H14F7N5OS/c25-17-6-9-19(20(26)11-17)22(37,13-36-14-33-34-35-36)23(27,28)21-10-5-16(12-32-21)2-1-15-3-7-18(8-4-15)38-24(29,30)31/h3-12,14,37H,13H2. The molecule has 4 aromatic rings. The van der Waals surface area contributed by atoms with Gasteiger partial charge in [-0.15, -0.1) is 5.10 Å². The Morgan fingerprint density at radius 1 is 0.895 bits per heavy atom. The number of halogens is 7. The molecule has 4 rings (SSSR count). The first kappa shape index (κ1) is 27.1. The highest BCUT2D eigenvalue weighted by Gasteiger charge is 2.58. The molecule has 38 heavy (non-hydrogen) atoms. The Morgan fingerprint density at radius 2 is 1.58 bits per heavy atom. The van der Waals surface area contributed by atoms with Crippen molar-refractivity contribution in [3.05, 3.63) is 101 Å². The summed E-state index contributed by atoms with van der Waals surface area (Å²) >= 11 is -0.274. The van der Waals surface area contributed by atoms with Crippen LogP contribution in [-0.2, 0) is 18.1 Å². The molecule has 0 saturated heterocycles. The highest BCUT2D eigenvalue weighted by molar-refractivity contribution is 8.00. The summed E-state index contributed by atoms with van der Waals surface area (Å²) in [4.78, 5) is 3.66. The number of nitrogens with zero attached hydrogens (tertiary/aromatic N) is 5. The van der Waals surface area contributed by atoms with Gasteiger partial charge in [-0.3, -0.25) is 4.98 Å². The van der Waals surface area contributed by atoms with Crippen molar-refractivity contribution >= 4 is 11.8 Å². The lowest BCUT2D eigenvalue weighted by molar-refractivity contribution is -0.207.